The van der Waals surface area contributed by atoms with Gasteiger partial charge in [-0.2, -0.15) is 0 Å². The number of benzene rings is 3. The van der Waals surface area contributed by atoms with Crippen molar-refractivity contribution >= 4 is 46.2 Å². The molecule has 2 N–H and O–H groups in total. The van der Waals surface area contributed by atoms with Crippen LogP contribution in [0.15, 0.2) is 72.8 Å². The van der Waals surface area contributed by atoms with Crippen molar-refractivity contribution < 1.29 is 38.2 Å². The van der Waals surface area contributed by atoms with Crippen LogP contribution in [-0.4, -0.2) is 55.1 Å². The molecule has 3 atom stereocenters. The molecule has 0 aliphatic heterocycles. The normalized spacial score (nSPS) is 12.9. The molecular weight excluding hydrogens is 492 g/mol. The monoisotopic (exact) mass is 520 g/mol. The Labute approximate surface area is 219 Å². The quantitative estimate of drug-likeness (QED) is 0.307. The van der Waals surface area contributed by atoms with Crippen LogP contribution >= 0.6 is 0 Å². The molecule has 0 unspecified atom stereocenters. The van der Waals surface area contributed by atoms with Crippen molar-refractivity contribution in [3.05, 3.63) is 78.4 Å². The van der Waals surface area contributed by atoms with Crippen LogP contribution in [0.3, 0.4) is 0 Å². The van der Waals surface area contributed by atoms with Crippen molar-refractivity contribution in [3.8, 4) is 0 Å². The van der Waals surface area contributed by atoms with E-state index < -0.39 is 48.0 Å². The van der Waals surface area contributed by atoms with E-state index in [-0.39, 0.29) is 6.42 Å². The van der Waals surface area contributed by atoms with Crippen LogP contribution in [0, 0.1) is 0 Å². The van der Waals surface area contributed by atoms with E-state index in [4.69, 9.17) is 14.2 Å². The molecular formula is C28H28N2O8. The number of esters is 3. The molecule has 0 fully saturated rings. The van der Waals surface area contributed by atoms with Gasteiger partial charge in [0, 0.05) is 26.0 Å². The zero-order valence-electron chi connectivity index (χ0n) is 21.1. The third-order valence-corrected chi connectivity index (χ3v) is 5.48. The Morgan fingerprint density at radius 2 is 1.32 bits per heavy atom. The van der Waals surface area contributed by atoms with Crippen LogP contribution in [0.5, 0.6) is 0 Å². The third-order valence-electron chi connectivity index (χ3n) is 5.48. The molecule has 3 rings (SSSR count). The number of fused-ring (bicyclic) bond motifs is 1. The molecule has 0 aliphatic rings. The minimum absolute atomic E-state index is 0.0631. The molecule has 0 heterocycles. The van der Waals surface area contributed by atoms with E-state index in [1.807, 2.05) is 24.3 Å². The Kier molecular flexibility index (Phi) is 9.53. The molecule has 0 saturated carbocycles. The van der Waals surface area contributed by atoms with Gasteiger partial charge in [0.15, 0.2) is 0 Å². The highest BCUT2D eigenvalue weighted by atomic mass is 16.6. The number of carbonyl (C=O) groups is 5. The van der Waals surface area contributed by atoms with E-state index >= 15 is 0 Å². The van der Waals surface area contributed by atoms with Crippen molar-refractivity contribution in [3.63, 3.8) is 0 Å². The first-order valence-electron chi connectivity index (χ1n) is 11.7. The predicted octanol–water partition coefficient (Wildman–Crippen LogP) is 2.54. The van der Waals surface area contributed by atoms with Crippen LogP contribution in [0.2, 0.25) is 0 Å². The minimum Gasteiger partial charge on any atom is -0.467 e. The summed E-state index contributed by atoms with van der Waals surface area (Å²) in [7, 11) is 1.16. The summed E-state index contributed by atoms with van der Waals surface area (Å²) in [6.45, 7) is 2.08. The van der Waals surface area contributed by atoms with Crippen LogP contribution < -0.4 is 10.6 Å². The van der Waals surface area contributed by atoms with Gasteiger partial charge in [-0.3, -0.25) is 19.2 Å². The van der Waals surface area contributed by atoms with Crippen LogP contribution in [0.25, 0.3) is 10.8 Å². The molecule has 3 aromatic rings. The first-order chi connectivity index (χ1) is 18.2. The van der Waals surface area contributed by atoms with Crippen LogP contribution in [-0.2, 0) is 44.6 Å². The standard InChI is InChI=1S/C28H28N2O8/c1-17(31)37-24(26(33)29-22-14-13-20-11-7-8-12-21(20)16-22)25(38-18(2)32)27(34)30-23(28(35)36-3)15-19-9-5-4-6-10-19/h4-14,16,23-25H,15H2,1-3H3,(H,29,33)(H,30,34)/t23-,24+,25+/m0/s1. The Morgan fingerprint density at radius 3 is 1.92 bits per heavy atom. The lowest BCUT2D eigenvalue weighted by molar-refractivity contribution is -0.173. The highest BCUT2D eigenvalue weighted by molar-refractivity contribution is 6.02. The Hall–Kier alpha value is -4.73. The molecule has 0 aromatic heterocycles. The highest BCUT2D eigenvalue weighted by Gasteiger charge is 2.41. The molecule has 0 bridgehead atoms. The fraction of sp³-hybridized carbons (Fsp3) is 0.250. The second-order valence-electron chi connectivity index (χ2n) is 8.39. The SMILES string of the molecule is COC(=O)[C@H](Cc1ccccc1)NC(=O)[C@H](OC(C)=O)[C@@H](OC(C)=O)C(=O)Nc1ccc2ccccc2c1. The molecule has 0 radical (unpaired) electrons. The molecule has 10 nitrogen and oxygen atoms in total. The summed E-state index contributed by atoms with van der Waals surface area (Å²) < 4.78 is 15.1. The number of nitrogens with one attached hydrogen (secondary N) is 2. The lowest BCUT2D eigenvalue weighted by Crippen LogP contribution is -2.55. The molecule has 0 spiro atoms. The van der Waals surface area contributed by atoms with E-state index in [0.717, 1.165) is 37.3 Å². The van der Waals surface area contributed by atoms with Gasteiger partial charge < -0.3 is 24.8 Å². The predicted molar refractivity (Wildman–Crippen MR) is 138 cm³/mol. The lowest BCUT2D eigenvalue weighted by atomic mass is 10.0. The number of rotatable bonds is 10. The topological polar surface area (TPSA) is 137 Å². The maximum absolute atomic E-state index is 13.3. The fourth-order valence-electron chi connectivity index (χ4n) is 3.78. The van der Waals surface area contributed by atoms with Gasteiger partial charge in [-0.15, -0.1) is 0 Å². The largest absolute Gasteiger partial charge is 0.467 e. The van der Waals surface area contributed by atoms with Crippen LogP contribution in [0.4, 0.5) is 5.69 Å². The van der Waals surface area contributed by atoms with Gasteiger partial charge in [0.05, 0.1) is 7.11 Å². The smallest absolute Gasteiger partial charge is 0.328 e. The highest BCUT2D eigenvalue weighted by Crippen LogP contribution is 2.20. The Bertz CT molecular complexity index is 1320. The summed E-state index contributed by atoms with van der Waals surface area (Å²) in [5, 5.41) is 6.83. The minimum atomic E-state index is -1.89. The number of hydrogen-bond acceptors (Lipinski definition) is 8. The van der Waals surface area contributed by atoms with Crippen LogP contribution in [0.1, 0.15) is 19.4 Å². The number of hydrogen-bond donors (Lipinski definition) is 2. The van der Waals surface area contributed by atoms with E-state index in [1.165, 1.54) is 0 Å². The molecule has 0 aliphatic carbocycles. The van der Waals surface area contributed by atoms with Crippen molar-refractivity contribution in [2.75, 3.05) is 12.4 Å². The van der Waals surface area contributed by atoms with Gasteiger partial charge in [-0.05, 0) is 28.5 Å². The number of carbonyl (C=O) groups excluding carboxylic acids is 5. The number of anilines is 1. The number of ether oxygens (including phenoxy) is 3. The fourth-order valence-corrected chi connectivity index (χ4v) is 3.78. The van der Waals surface area contributed by atoms with Crippen molar-refractivity contribution in [1.82, 2.24) is 5.32 Å². The zero-order chi connectivity index (χ0) is 27.7. The second kappa shape index (κ2) is 13.0. The van der Waals surface area contributed by atoms with E-state index in [2.05, 4.69) is 10.6 Å². The first kappa shape index (κ1) is 27.9. The Morgan fingerprint density at radius 1 is 0.737 bits per heavy atom. The van der Waals surface area contributed by atoms with Gasteiger partial charge in [-0.1, -0.05) is 60.7 Å². The average Bonchev–Trinajstić information content (AvgIpc) is 2.89. The molecule has 3 aromatic carbocycles. The molecule has 2 amide bonds. The first-order valence-corrected chi connectivity index (χ1v) is 11.7. The summed E-state index contributed by atoms with van der Waals surface area (Å²) in [4.78, 5) is 62.7. The molecule has 38 heavy (non-hydrogen) atoms. The van der Waals surface area contributed by atoms with E-state index in [9.17, 15) is 24.0 Å². The van der Waals surface area contributed by atoms with Gasteiger partial charge in [0.1, 0.15) is 6.04 Å². The average molecular weight is 521 g/mol. The summed E-state index contributed by atoms with van der Waals surface area (Å²) in [5.74, 6) is -4.48. The number of amides is 2. The van der Waals surface area contributed by atoms with Crippen molar-refractivity contribution in [1.29, 1.82) is 0 Å². The molecule has 10 heteroatoms. The van der Waals surface area contributed by atoms with Gasteiger partial charge in [0.25, 0.3) is 11.8 Å². The van der Waals surface area contributed by atoms with E-state index in [1.54, 1.807) is 48.5 Å². The Balaban J connectivity index is 1.87. The van der Waals surface area contributed by atoms with Crippen molar-refractivity contribution in [2.45, 2.75) is 38.5 Å². The maximum Gasteiger partial charge on any atom is 0.328 e. The summed E-state index contributed by atoms with van der Waals surface area (Å²) >= 11 is 0. The van der Waals surface area contributed by atoms with Gasteiger partial charge in [0.2, 0.25) is 12.2 Å². The van der Waals surface area contributed by atoms with Gasteiger partial charge >= 0.3 is 17.9 Å². The zero-order valence-corrected chi connectivity index (χ0v) is 21.1. The molecule has 198 valence electrons. The maximum atomic E-state index is 13.3. The van der Waals surface area contributed by atoms with Crippen molar-refractivity contribution in [2.24, 2.45) is 0 Å². The summed E-state index contributed by atoms with van der Waals surface area (Å²) in [5.41, 5.74) is 1.09. The molecule has 0 saturated heterocycles. The second-order valence-corrected chi connectivity index (χ2v) is 8.39. The number of methoxy groups -OCH3 is 1. The summed E-state index contributed by atoms with van der Waals surface area (Å²) in [6.07, 6.45) is -3.68. The van der Waals surface area contributed by atoms with E-state index in [0.29, 0.717) is 5.69 Å². The summed E-state index contributed by atoms with van der Waals surface area (Å²) in [6, 6.07) is 20.2. The third kappa shape index (κ3) is 7.63. The van der Waals surface area contributed by atoms with Gasteiger partial charge in [-0.25, -0.2) is 4.79 Å². The lowest BCUT2D eigenvalue weighted by Gasteiger charge is -2.26.